The van der Waals surface area contributed by atoms with Crippen LogP contribution in [0.3, 0.4) is 0 Å². The molecule has 0 saturated heterocycles. The number of hydrogen-bond donors (Lipinski definition) is 1. The third-order valence-corrected chi connectivity index (χ3v) is 3.32. The van der Waals surface area contributed by atoms with Crippen molar-refractivity contribution in [2.24, 2.45) is 11.7 Å². The second-order valence-corrected chi connectivity index (χ2v) is 5.40. The fraction of sp³-hybridized carbons (Fsp3) is 0.625. The van der Waals surface area contributed by atoms with Crippen molar-refractivity contribution in [2.75, 3.05) is 13.2 Å². The van der Waals surface area contributed by atoms with Gasteiger partial charge < -0.3 is 10.5 Å². The monoisotopic (exact) mass is 249 g/mol. The summed E-state index contributed by atoms with van der Waals surface area (Å²) in [6, 6.07) is 6.40. The van der Waals surface area contributed by atoms with Gasteiger partial charge in [-0.25, -0.2) is 0 Å². The molecule has 0 spiro atoms. The largest absolute Gasteiger partial charge is 0.379 e. The number of nitrogens with two attached hydrogens (primary N) is 1. The van der Waals surface area contributed by atoms with Gasteiger partial charge in [0.1, 0.15) is 0 Å². The highest BCUT2D eigenvalue weighted by Gasteiger charge is 2.10. The average Bonchev–Trinajstić information content (AvgIpc) is 2.32. The molecular weight excluding hydrogens is 222 g/mol. The van der Waals surface area contributed by atoms with Crippen LogP contribution < -0.4 is 5.73 Å². The molecule has 0 fully saturated rings. The number of rotatable bonds is 7. The predicted molar refractivity (Wildman–Crippen MR) is 77.7 cm³/mol. The molecule has 0 aliphatic carbocycles. The summed E-state index contributed by atoms with van der Waals surface area (Å²) in [7, 11) is 0. The molecular formula is C16H27NO. The molecule has 2 atom stereocenters. The van der Waals surface area contributed by atoms with Crippen LogP contribution >= 0.6 is 0 Å². The minimum absolute atomic E-state index is 0.0151. The van der Waals surface area contributed by atoms with Crippen LogP contribution in [0.4, 0.5) is 0 Å². The standard InChI is InChI=1S/C16H27NO/c1-5-6-13(3)10-18-11-16(17)15-9-12(2)7-8-14(15)4/h7-9,13,16H,5-6,10-11,17H2,1-4H3. The lowest BCUT2D eigenvalue weighted by atomic mass is 10.00. The van der Waals surface area contributed by atoms with Gasteiger partial charge in [0.2, 0.25) is 0 Å². The first-order valence-electron chi connectivity index (χ1n) is 6.95. The molecule has 0 radical (unpaired) electrons. The number of benzene rings is 1. The molecule has 0 bridgehead atoms. The Balaban J connectivity index is 2.45. The van der Waals surface area contributed by atoms with Crippen LogP contribution in [-0.4, -0.2) is 13.2 Å². The molecule has 2 heteroatoms. The smallest absolute Gasteiger partial charge is 0.0659 e. The first kappa shape index (κ1) is 15.2. The fourth-order valence-electron chi connectivity index (χ4n) is 2.22. The predicted octanol–water partition coefficient (Wildman–Crippen LogP) is 3.76. The molecule has 1 rings (SSSR count). The Kier molecular flexibility index (Phi) is 6.37. The van der Waals surface area contributed by atoms with E-state index in [2.05, 4.69) is 45.9 Å². The summed E-state index contributed by atoms with van der Waals surface area (Å²) >= 11 is 0. The Morgan fingerprint density at radius 2 is 1.94 bits per heavy atom. The van der Waals surface area contributed by atoms with Gasteiger partial charge in [-0.15, -0.1) is 0 Å². The Bertz CT molecular complexity index is 362. The lowest BCUT2D eigenvalue weighted by Crippen LogP contribution is -2.20. The lowest BCUT2D eigenvalue weighted by molar-refractivity contribution is 0.0908. The molecule has 18 heavy (non-hydrogen) atoms. The van der Waals surface area contributed by atoms with Gasteiger partial charge in [-0.2, -0.15) is 0 Å². The Morgan fingerprint density at radius 3 is 2.61 bits per heavy atom. The summed E-state index contributed by atoms with van der Waals surface area (Å²) in [6.45, 7) is 10.1. The van der Waals surface area contributed by atoms with E-state index in [1.54, 1.807) is 0 Å². The molecule has 2 unspecified atom stereocenters. The van der Waals surface area contributed by atoms with Crippen molar-refractivity contribution in [3.8, 4) is 0 Å². The fourth-order valence-corrected chi connectivity index (χ4v) is 2.22. The van der Waals surface area contributed by atoms with E-state index in [1.165, 1.54) is 29.5 Å². The van der Waals surface area contributed by atoms with Gasteiger partial charge in [0, 0.05) is 6.61 Å². The average molecular weight is 249 g/mol. The SMILES string of the molecule is CCCC(C)COCC(N)c1cc(C)ccc1C. The summed E-state index contributed by atoms with van der Waals surface area (Å²) < 4.78 is 5.73. The molecule has 0 aliphatic rings. The van der Waals surface area contributed by atoms with Crippen molar-refractivity contribution in [3.63, 3.8) is 0 Å². The van der Waals surface area contributed by atoms with E-state index < -0.39 is 0 Å². The second kappa shape index (κ2) is 7.55. The van der Waals surface area contributed by atoms with E-state index in [-0.39, 0.29) is 6.04 Å². The highest BCUT2D eigenvalue weighted by molar-refractivity contribution is 5.32. The molecule has 1 aromatic rings. The van der Waals surface area contributed by atoms with E-state index in [9.17, 15) is 0 Å². The third kappa shape index (κ3) is 4.79. The van der Waals surface area contributed by atoms with E-state index >= 15 is 0 Å². The van der Waals surface area contributed by atoms with Gasteiger partial charge in [0.05, 0.1) is 12.6 Å². The molecule has 1 aromatic carbocycles. The van der Waals surface area contributed by atoms with E-state index in [0.29, 0.717) is 12.5 Å². The van der Waals surface area contributed by atoms with Crippen molar-refractivity contribution in [1.29, 1.82) is 0 Å². The van der Waals surface area contributed by atoms with Crippen LogP contribution in [0, 0.1) is 19.8 Å². The second-order valence-electron chi connectivity index (χ2n) is 5.40. The lowest BCUT2D eigenvalue weighted by Gasteiger charge is -2.17. The highest BCUT2D eigenvalue weighted by Crippen LogP contribution is 2.18. The van der Waals surface area contributed by atoms with Gasteiger partial charge in [-0.1, -0.05) is 44.0 Å². The third-order valence-electron chi connectivity index (χ3n) is 3.32. The maximum Gasteiger partial charge on any atom is 0.0659 e. The van der Waals surface area contributed by atoms with Crippen LogP contribution in [0.1, 0.15) is 49.4 Å². The number of ether oxygens (including phenoxy) is 1. The first-order valence-corrected chi connectivity index (χ1v) is 6.95. The zero-order valence-corrected chi connectivity index (χ0v) is 12.2. The zero-order valence-electron chi connectivity index (χ0n) is 12.2. The molecule has 0 saturated carbocycles. The van der Waals surface area contributed by atoms with Crippen LogP contribution in [0.25, 0.3) is 0 Å². The van der Waals surface area contributed by atoms with Crippen molar-refractivity contribution < 1.29 is 4.74 Å². The van der Waals surface area contributed by atoms with Crippen molar-refractivity contribution >= 4 is 0 Å². The summed E-state index contributed by atoms with van der Waals surface area (Å²) in [5, 5.41) is 0. The van der Waals surface area contributed by atoms with Crippen LogP contribution in [0.15, 0.2) is 18.2 Å². The number of aryl methyl sites for hydroxylation is 2. The molecule has 0 aromatic heterocycles. The number of hydrogen-bond acceptors (Lipinski definition) is 2. The van der Waals surface area contributed by atoms with E-state index in [4.69, 9.17) is 10.5 Å². The van der Waals surface area contributed by atoms with Crippen LogP contribution in [-0.2, 0) is 4.74 Å². The first-order chi connectivity index (χ1) is 8.54. The van der Waals surface area contributed by atoms with Gasteiger partial charge in [-0.3, -0.25) is 0 Å². The van der Waals surface area contributed by atoms with Crippen molar-refractivity contribution in [1.82, 2.24) is 0 Å². The van der Waals surface area contributed by atoms with Gasteiger partial charge >= 0.3 is 0 Å². The maximum atomic E-state index is 6.20. The Morgan fingerprint density at radius 1 is 1.22 bits per heavy atom. The van der Waals surface area contributed by atoms with Gasteiger partial charge in [0.25, 0.3) is 0 Å². The zero-order chi connectivity index (χ0) is 13.5. The highest BCUT2D eigenvalue weighted by atomic mass is 16.5. The normalized spacial score (nSPS) is 14.5. The van der Waals surface area contributed by atoms with Crippen molar-refractivity contribution in [2.45, 2.75) is 46.6 Å². The topological polar surface area (TPSA) is 35.2 Å². The molecule has 2 nitrogen and oxygen atoms in total. The van der Waals surface area contributed by atoms with E-state index in [1.807, 2.05) is 0 Å². The molecule has 0 heterocycles. The summed E-state index contributed by atoms with van der Waals surface area (Å²) in [5.41, 5.74) is 9.91. The Labute approximate surface area is 112 Å². The quantitative estimate of drug-likeness (QED) is 0.798. The van der Waals surface area contributed by atoms with E-state index in [0.717, 1.165) is 6.61 Å². The minimum atomic E-state index is -0.0151. The van der Waals surface area contributed by atoms with Crippen molar-refractivity contribution in [3.05, 3.63) is 34.9 Å². The molecule has 0 amide bonds. The minimum Gasteiger partial charge on any atom is -0.379 e. The van der Waals surface area contributed by atoms with Gasteiger partial charge in [-0.05, 0) is 37.3 Å². The molecule has 0 aliphatic heterocycles. The van der Waals surface area contributed by atoms with Crippen LogP contribution in [0.2, 0.25) is 0 Å². The molecule has 102 valence electrons. The summed E-state index contributed by atoms with van der Waals surface area (Å²) in [4.78, 5) is 0. The summed E-state index contributed by atoms with van der Waals surface area (Å²) in [5.74, 6) is 0.626. The van der Waals surface area contributed by atoms with Gasteiger partial charge in [0.15, 0.2) is 0 Å². The Hall–Kier alpha value is -0.860. The summed E-state index contributed by atoms with van der Waals surface area (Å²) in [6.07, 6.45) is 2.44. The molecule has 2 N–H and O–H groups in total. The maximum absolute atomic E-state index is 6.20. The van der Waals surface area contributed by atoms with Crippen LogP contribution in [0.5, 0.6) is 0 Å².